The van der Waals surface area contributed by atoms with Gasteiger partial charge in [0.25, 0.3) is 0 Å². The van der Waals surface area contributed by atoms with Crippen LogP contribution in [0.1, 0.15) is 56.1 Å². The summed E-state index contributed by atoms with van der Waals surface area (Å²) in [5.41, 5.74) is 2.34. The number of carbonyl (C=O) groups is 1. The lowest BCUT2D eigenvalue weighted by atomic mass is 9.85. The Morgan fingerprint density at radius 1 is 1.00 bits per heavy atom. The summed E-state index contributed by atoms with van der Waals surface area (Å²) in [7, 11) is 0. The first kappa shape index (κ1) is 19.0. The summed E-state index contributed by atoms with van der Waals surface area (Å²) in [6.45, 7) is 2.56. The van der Waals surface area contributed by atoms with E-state index in [1.54, 1.807) is 4.90 Å². The van der Waals surface area contributed by atoms with Crippen molar-refractivity contribution in [1.82, 2.24) is 4.90 Å². The van der Waals surface area contributed by atoms with Crippen molar-refractivity contribution in [2.75, 3.05) is 6.61 Å². The van der Waals surface area contributed by atoms with Crippen LogP contribution in [0.5, 0.6) is 0 Å². The SMILES string of the molecule is CCCCCCC#CN1C(=O)OC[C@H]1C(c1ccccc1)c1ccccc1. The molecular formula is C24H27NO2. The van der Waals surface area contributed by atoms with Gasteiger partial charge in [0.1, 0.15) is 6.61 Å². The number of ether oxygens (including phenoxy) is 1. The van der Waals surface area contributed by atoms with Gasteiger partial charge in [-0.3, -0.25) is 0 Å². The van der Waals surface area contributed by atoms with Gasteiger partial charge in [-0.25, -0.2) is 9.69 Å². The average Bonchev–Trinajstić information content (AvgIpc) is 3.07. The van der Waals surface area contributed by atoms with Gasteiger partial charge in [0, 0.05) is 18.4 Å². The van der Waals surface area contributed by atoms with Gasteiger partial charge < -0.3 is 4.74 Å². The van der Waals surface area contributed by atoms with Crippen molar-refractivity contribution in [3.05, 3.63) is 71.8 Å². The van der Waals surface area contributed by atoms with Crippen LogP contribution in [0.2, 0.25) is 0 Å². The highest BCUT2D eigenvalue weighted by atomic mass is 16.6. The molecule has 0 aliphatic carbocycles. The highest BCUT2D eigenvalue weighted by Crippen LogP contribution is 2.33. The molecule has 1 aliphatic heterocycles. The van der Waals surface area contributed by atoms with Crippen molar-refractivity contribution < 1.29 is 9.53 Å². The van der Waals surface area contributed by atoms with Crippen LogP contribution in [0.4, 0.5) is 4.79 Å². The molecular weight excluding hydrogens is 334 g/mol. The zero-order valence-electron chi connectivity index (χ0n) is 15.9. The van der Waals surface area contributed by atoms with Crippen LogP contribution in [0.3, 0.4) is 0 Å². The van der Waals surface area contributed by atoms with E-state index in [4.69, 9.17) is 4.74 Å². The fourth-order valence-corrected chi connectivity index (χ4v) is 3.55. The maximum atomic E-state index is 12.3. The van der Waals surface area contributed by atoms with Gasteiger partial charge in [-0.1, -0.05) is 92.8 Å². The van der Waals surface area contributed by atoms with E-state index in [0.717, 1.165) is 12.8 Å². The molecule has 140 valence electrons. The molecule has 3 rings (SSSR count). The van der Waals surface area contributed by atoms with Crippen LogP contribution < -0.4 is 0 Å². The Morgan fingerprint density at radius 3 is 2.22 bits per heavy atom. The Morgan fingerprint density at radius 2 is 1.63 bits per heavy atom. The molecule has 0 aromatic heterocycles. The van der Waals surface area contributed by atoms with E-state index in [1.165, 1.54) is 30.4 Å². The topological polar surface area (TPSA) is 29.5 Å². The lowest BCUT2D eigenvalue weighted by molar-refractivity contribution is 0.167. The number of amides is 1. The number of unbranched alkanes of at least 4 members (excludes halogenated alkanes) is 4. The van der Waals surface area contributed by atoms with Gasteiger partial charge in [-0.15, -0.1) is 0 Å². The minimum Gasteiger partial charge on any atom is -0.446 e. The molecule has 2 aromatic carbocycles. The van der Waals surface area contributed by atoms with E-state index < -0.39 is 0 Å². The molecule has 0 bridgehead atoms. The largest absolute Gasteiger partial charge is 0.446 e. The zero-order valence-corrected chi connectivity index (χ0v) is 15.9. The van der Waals surface area contributed by atoms with E-state index in [0.29, 0.717) is 6.61 Å². The normalized spacial score (nSPS) is 16.1. The molecule has 0 N–H and O–H groups in total. The summed E-state index contributed by atoms with van der Waals surface area (Å²) < 4.78 is 5.38. The fraction of sp³-hybridized carbons (Fsp3) is 0.375. The predicted octanol–water partition coefficient (Wildman–Crippen LogP) is 5.57. The first-order valence-corrected chi connectivity index (χ1v) is 9.85. The third-order valence-corrected chi connectivity index (χ3v) is 4.96. The molecule has 27 heavy (non-hydrogen) atoms. The van der Waals surface area contributed by atoms with Gasteiger partial charge in [0.05, 0.1) is 6.04 Å². The summed E-state index contributed by atoms with van der Waals surface area (Å²) >= 11 is 0. The number of cyclic esters (lactones) is 1. The molecule has 1 aliphatic rings. The number of nitrogens with zero attached hydrogens (tertiary/aromatic N) is 1. The van der Waals surface area contributed by atoms with E-state index >= 15 is 0 Å². The maximum Gasteiger partial charge on any atom is 0.422 e. The summed E-state index contributed by atoms with van der Waals surface area (Å²) in [6.07, 6.45) is 5.20. The molecule has 2 aromatic rings. The van der Waals surface area contributed by atoms with Crippen molar-refractivity contribution >= 4 is 6.09 Å². The monoisotopic (exact) mass is 361 g/mol. The maximum absolute atomic E-state index is 12.3. The van der Waals surface area contributed by atoms with Crippen LogP contribution in [0, 0.1) is 12.0 Å². The van der Waals surface area contributed by atoms with E-state index in [2.05, 4.69) is 43.2 Å². The Kier molecular flexibility index (Phi) is 6.93. The second kappa shape index (κ2) is 9.83. The first-order chi connectivity index (χ1) is 13.3. The van der Waals surface area contributed by atoms with Gasteiger partial charge in [0.2, 0.25) is 0 Å². The highest BCUT2D eigenvalue weighted by Gasteiger charge is 2.39. The minimum atomic E-state index is -0.335. The van der Waals surface area contributed by atoms with Gasteiger partial charge in [0.15, 0.2) is 0 Å². The van der Waals surface area contributed by atoms with Crippen molar-refractivity contribution in [3.8, 4) is 12.0 Å². The summed E-state index contributed by atoms with van der Waals surface area (Å²) in [6, 6.07) is 23.6. The Balaban J connectivity index is 1.83. The molecule has 1 fully saturated rings. The number of hydrogen-bond donors (Lipinski definition) is 0. The third-order valence-electron chi connectivity index (χ3n) is 4.96. The molecule has 1 heterocycles. The number of carbonyl (C=O) groups excluding carboxylic acids is 1. The molecule has 0 unspecified atom stereocenters. The number of benzene rings is 2. The Bertz CT molecular complexity index is 737. The van der Waals surface area contributed by atoms with Crippen molar-refractivity contribution in [1.29, 1.82) is 0 Å². The smallest absolute Gasteiger partial charge is 0.422 e. The molecule has 1 saturated heterocycles. The van der Waals surface area contributed by atoms with Crippen LogP contribution in [0.25, 0.3) is 0 Å². The summed E-state index contributed by atoms with van der Waals surface area (Å²) in [5, 5.41) is 0. The molecule has 0 saturated carbocycles. The molecule has 3 nitrogen and oxygen atoms in total. The molecule has 0 radical (unpaired) electrons. The van der Waals surface area contributed by atoms with E-state index in [1.807, 2.05) is 36.4 Å². The second-order valence-electron chi connectivity index (χ2n) is 6.91. The quantitative estimate of drug-likeness (QED) is 0.476. The van der Waals surface area contributed by atoms with Gasteiger partial charge in [-0.05, 0) is 17.5 Å². The lowest BCUT2D eigenvalue weighted by Crippen LogP contribution is -2.35. The molecule has 3 heteroatoms. The van der Waals surface area contributed by atoms with Gasteiger partial charge >= 0.3 is 6.09 Å². The second-order valence-corrected chi connectivity index (χ2v) is 6.91. The first-order valence-electron chi connectivity index (χ1n) is 9.85. The summed E-state index contributed by atoms with van der Waals surface area (Å²) in [4.78, 5) is 13.9. The fourth-order valence-electron chi connectivity index (χ4n) is 3.55. The Labute approximate surface area is 162 Å². The molecule has 1 amide bonds. The number of rotatable bonds is 7. The van der Waals surface area contributed by atoms with E-state index in [-0.39, 0.29) is 18.1 Å². The average molecular weight is 361 g/mol. The number of hydrogen-bond acceptors (Lipinski definition) is 2. The van der Waals surface area contributed by atoms with Crippen LogP contribution >= 0.6 is 0 Å². The highest BCUT2D eigenvalue weighted by molar-refractivity contribution is 5.73. The predicted molar refractivity (Wildman–Crippen MR) is 108 cm³/mol. The van der Waals surface area contributed by atoms with Crippen LogP contribution in [-0.2, 0) is 4.74 Å². The van der Waals surface area contributed by atoms with E-state index in [9.17, 15) is 4.79 Å². The third kappa shape index (κ3) is 4.92. The molecule has 0 spiro atoms. The molecule has 1 atom stereocenters. The zero-order chi connectivity index (χ0) is 18.9. The van der Waals surface area contributed by atoms with Crippen molar-refractivity contribution in [2.24, 2.45) is 0 Å². The standard InChI is InChI=1S/C24H27NO2/c1-2-3-4-5-6-13-18-25-22(19-27-24(25)26)23(20-14-9-7-10-15-20)21-16-11-8-12-17-21/h7-12,14-17,22-23H,2-6,19H2,1H3/t22-/m0/s1. The minimum absolute atomic E-state index is 0.0354. The Hall–Kier alpha value is -2.73. The summed E-state index contributed by atoms with van der Waals surface area (Å²) in [5.74, 6) is 3.21. The van der Waals surface area contributed by atoms with Gasteiger partial charge in [-0.2, -0.15) is 0 Å². The van der Waals surface area contributed by atoms with Crippen molar-refractivity contribution in [3.63, 3.8) is 0 Å². The lowest BCUT2D eigenvalue weighted by Gasteiger charge is -2.26. The van der Waals surface area contributed by atoms with Crippen molar-refractivity contribution in [2.45, 2.75) is 51.0 Å². The van der Waals surface area contributed by atoms with Crippen LogP contribution in [0.15, 0.2) is 60.7 Å². The van der Waals surface area contributed by atoms with Crippen LogP contribution in [-0.4, -0.2) is 23.6 Å².